The molecule has 0 radical (unpaired) electrons. The lowest BCUT2D eigenvalue weighted by Crippen LogP contribution is -2.42. The molecule has 1 aromatic carbocycles. The summed E-state index contributed by atoms with van der Waals surface area (Å²) in [6.07, 6.45) is 0.594. The number of nitrogens with one attached hydrogen (secondary N) is 2. The Balaban J connectivity index is 2.49. The van der Waals surface area contributed by atoms with Gasteiger partial charge in [0.2, 0.25) is 5.91 Å². The average Bonchev–Trinajstić information content (AvgIpc) is 2.44. The van der Waals surface area contributed by atoms with Gasteiger partial charge in [0.05, 0.1) is 6.54 Å². The Morgan fingerprint density at radius 1 is 1.20 bits per heavy atom. The minimum Gasteiger partial charge on any atom is -0.396 e. The molecule has 0 heterocycles. The van der Waals surface area contributed by atoms with Crippen molar-refractivity contribution < 1.29 is 9.90 Å². The molecule has 4 nitrogen and oxygen atoms in total. The molecular weight excluding hydrogens is 252 g/mol. The number of aliphatic hydroxyl groups excluding tert-OH is 1. The third kappa shape index (κ3) is 5.72. The number of carbonyl (C=O) groups is 1. The van der Waals surface area contributed by atoms with Gasteiger partial charge in [0.1, 0.15) is 0 Å². The molecule has 0 bridgehead atoms. The normalized spacial score (nSPS) is 14.1. The van der Waals surface area contributed by atoms with Crippen molar-refractivity contribution in [3.8, 4) is 0 Å². The van der Waals surface area contributed by atoms with Crippen molar-refractivity contribution in [3.63, 3.8) is 0 Å². The standard InChI is InChI=1S/C16H26N2O2/c1-12(2)13(3)18-16(20)11-17-15(9-10-19)14-7-5-4-6-8-14/h4-8,12-13,15,17,19H,9-11H2,1-3H3,(H,18,20). The Morgan fingerprint density at radius 2 is 1.85 bits per heavy atom. The second-order valence-electron chi connectivity index (χ2n) is 5.46. The second-order valence-corrected chi connectivity index (χ2v) is 5.46. The van der Waals surface area contributed by atoms with Gasteiger partial charge in [-0.15, -0.1) is 0 Å². The maximum Gasteiger partial charge on any atom is 0.234 e. The quantitative estimate of drug-likeness (QED) is 0.680. The Kier molecular flexibility index (Phi) is 7.26. The molecule has 0 saturated heterocycles. The van der Waals surface area contributed by atoms with Crippen LogP contribution in [-0.2, 0) is 4.79 Å². The fourth-order valence-electron chi connectivity index (χ4n) is 1.89. The topological polar surface area (TPSA) is 61.4 Å². The number of rotatable bonds is 8. The Hall–Kier alpha value is -1.39. The molecule has 0 saturated carbocycles. The van der Waals surface area contributed by atoms with Gasteiger partial charge < -0.3 is 15.7 Å². The van der Waals surface area contributed by atoms with Crippen LogP contribution in [0, 0.1) is 5.92 Å². The lowest BCUT2D eigenvalue weighted by atomic mass is 10.0. The first-order valence-electron chi connectivity index (χ1n) is 7.23. The monoisotopic (exact) mass is 278 g/mol. The zero-order valence-corrected chi connectivity index (χ0v) is 12.6. The lowest BCUT2D eigenvalue weighted by molar-refractivity contribution is -0.121. The highest BCUT2D eigenvalue weighted by atomic mass is 16.3. The van der Waals surface area contributed by atoms with Crippen LogP contribution >= 0.6 is 0 Å². The van der Waals surface area contributed by atoms with Gasteiger partial charge in [0, 0.05) is 18.7 Å². The van der Waals surface area contributed by atoms with E-state index in [9.17, 15) is 4.79 Å². The van der Waals surface area contributed by atoms with E-state index < -0.39 is 0 Å². The Labute approximate surface area is 121 Å². The predicted molar refractivity (Wildman–Crippen MR) is 81.3 cm³/mol. The molecule has 2 atom stereocenters. The Bertz CT molecular complexity index is 393. The molecule has 112 valence electrons. The summed E-state index contributed by atoms with van der Waals surface area (Å²) < 4.78 is 0. The van der Waals surface area contributed by atoms with E-state index in [-0.39, 0.29) is 31.1 Å². The molecule has 4 heteroatoms. The van der Waals surface area contributed by atoms with Crippen LogP contribution in [-0.4, -0.2) is 30.2 Å². The van der Waals surface area contributed by atoms with Gasteiger partial charge in [-0.2, -0.15) is 0 Å². The van der Waals surface area contributed by atoms with Gasteiger partial charge in [0.15, 0.2) is 0 Å². The maximum atomic E-state index is 11.9. The van der Waals surface area contributed by atoms with Crippen LogP contribution in [0.5, 0.6) is 0 Å². The highest BCUT2D eigenvalue weighted by Gasteiger charge is 2.14. The number of aliphatic hydroxyl groups is 1. The highest BCUT2D eigenvalue weighted by molar-refractivity contribution is 5.78. The van der Waals surface area contributed by atoms with E-state index in [0.29, 0.717) is 12.3 Å². The van der Waals surface area contributed by atoms with Crippen LogP contribution in [0.15, 0.2) is 30.3 Å². The zero-order chi connectivity index (χ0) is 15.0. The molecule has 0 fully saturated rings. The SMILES string of the molecule is CC(C)C(C)NC(=O)CNC(CCO)c1ccccc1. The van der Waals surface area contributed by atoms with Crippen LogP contribution in [0.1, 0.15) is 38.8 Å². The molecule has 1 amide bonds. The van der Waals surface area contributed by atoms with Gasteiger partial charge in [-0.1, -0.05) is 44.2 Å². The van der Waals surface area contributed by atoms with Crippen LogP contribution < -0.4 is 10.6 Å². The minimum absolute atomic E-state index is 0.00121. The first-order valence-corrected chi connectivity index (χ1v) is 7.23. The molecule has 0 aliphatic carbocycles. The third-order valence-corrected chi connectivity index (χ3v) is 3.52. The fraction of sp³-hybridized carbons (Fsp3) is 0.562. The summed E-state index contributed by atoms with van der Waals surface area (Å²) in [4.78, 5) is 11.9. The largest absolute Gasteiger partial charge is 0.396 e. The Morgan fingerprint density at radius 3 is 2.40 bits per heavy atom. The summed E-state index contributed by atoms with van der Waals surface area (Å²) in [7, 11) is 0. The van der Waals surface area contributed by atoms with Crippen LogP contribution in [0.25, 0.3) is 0 Å². The van der Waals surface area contributed by atoms with E-state index in [4.69, 9.17) is 5.11 Å². The number of hydrogen-bond acceptors (Lipinski definition) is 3. The van der Waals surface area contributed by atoms with E-state index in [1.54, 1.807) is 0 Å². The summed E-state index contributed by atoms with van der Waals surface area (Å²) in [5.41, 5.74) is 1.09. The second kappa shape index (κ2) is 8.72. The van der Waals surface area contributed by atoms with Gasteiger partial charge in [-0.05, 0) is 24.8 Å². The lowest BCUT2D eigenvalue weighted by Gasteiger charge is -2.21. The van der Waals surface area contributed by atoms with E-state index in [2.05, 4.69) is 24.5 Å². The summed E-state index contributed by atoms with van der Waals surface area (Å²) in [6, 6.07) is 10.0. The molecule has 1 aromatic rings. The molecule has 0 aliphatic heterocycles. The van der Waals surface area contributed by atoms with Gasteiger partial charge in [-0.3, -0.25) is 4.79 Å². The molecule has 20 heavy (non-hydrogen) atoms. The van der Waals surface area contributed by atoms with E-state index in [1.807, 2.05) is 37.3 Å². The average molecular weight is 278 g/mol. The summed E-state index contributed by atoms with van der Waals surface area (Å²) in [6.45, 7) is 6.52. The van der Waals surface area contributed by atoms with Crippen molar-refractivity contribution in [2.45, 2.75) is 39.3 Å². The van der Waals surface area contributed by atoms with Crippen molar-refractivity contribution in [2.24, 2.45) is 5.92 Å². The van der Waals surface area contributed by atoms with Crippen molar-refractivity contribution >= 4 is 5.91 Å². The van der Waals surface area contributed by atoms with Crippen LogP contribution in [0.3, 0.4) is 0 Å². The first-order chi connectivity index (χ1) is 9.54. The fourth-order valence-corrected chi connectivity index (χ4v) is 1.89. The smallest absolute Gasteiger partial charge is 0.234 e. The van der Waals surface area contributed by atoms with Crippen molar-refractivity contribution in [1.82, 2.24) is 10.6 Å². The van der Waals surface area contributed by atoms with Crippen LogP contribution in [0.2, 0.25) is 0 Å². The predicted octanol–water partition coefficient (Wildman–Crippen LogP) is 1.86. The first kappa shape index (κ1) is 16.7. The number of hydrogen-bond donors (Lipinski definition) is 3. The molecular formula is C16H26N2O2. The molecule has 3 N–H and O–H groups in total. The molecule has 1 rings (SSSR count). The number of benzene rings is 1. The number of amides is 1. The highest BCUT2D eigenvalue weighted by Crippen LogP contribution is 2.15. The van der Waals surface area contributed by atoms with Crippen molar-refractivity contribution in [1.29, 1.82) is 0 Å². The molecule has 0 aliphatic rings. The van der Waals surface area contributed by atoms with Crippen molar-refractivity contribution in [3.05, 3.63) is 35.9 Å². The van der Waals surface area contributed by atoms with Gasteiger partial charge in [0.25, 0.3) is 0 Å². The van der Waals surface area contributed by atoms with E-state index >= 15 is 0 Å². The number of carbonyl (C=O) groups excluding carboxylic acids is 1. The molecule has 0 aromatic heterocycles. The van der Waals surface area contributed by atoms with Crippen LogP contribution in [0.4, 0.5) is 0 Å². The zero-order valence-electron chi connectivity index (χ0n) is 12.6. The van der Waals surface area contributed by atoms with Gasteiger partial charge >= 0.3 is 0 Å². The minimum atomic E-state index is -0.00919. The summed E-state index contributed by atoms with van der Waals surface area (Å²) in [5, 5.41) is 15.3. The molecule has 0 spiro atoms. The maximum absolute atomic E-state index is 11.9. The summed E-state index contributed by atoms with van der Waals surface area (Å²) >= 11 is 0. The summed E-state index contributed by atoms with van der Waals surface area (Å²) in [5.74, 6) is 0.409. The van der Waals surface area contributed by atoms with E-state index in [1.165, 1.54) is 0 Å². The molecule has 2 unspecified atom stereocenters. The van der Waals surface area contributed by atoms with E-state index in [0.717, 1.165) is 5.56 Å². The van der Waals surface area contributed by atoms with Crippen molar-refractivity contribution in [2.75, 3.05) is 13.2 Å². The van der Waals surface area contributed by atoms with Gasteiger partial charge in [-0.25, -0.2) is 0 Å². The third-order valence-electron chi connectivity index (χ3n) is 3.52.